The van der Waals surface area contributed by atoms with E-state index in [4.69, 9.17) is 10.4 Å². The molecule has 1 saturated heterocycles. The van der Waals surface area contributed by atoms with Gasteiger partial charge in [-0.25, -0.2) is 9.98 Å². The Balaban J connectivity index is 1.81. The van der Waals surface area contributed by atoms with Crippen molar-refractivity contribution < 1.29 is 0 Å². The Hall–Kier alpha value is -2.99. The normalized spacial score (nSPS) is 27.7. The second kappa shape index (κ2) is 9.67. The zero-order valence-corrected chi connectivity index (χ0v) is 18.4. The van der Waals surface area contributed by atoms with Crippen molar-refractivity contribution in [3.8, 4) is 0 Å². The van der Waals surface area contributed by atoms with Crippen LogP contribution in [-0.2, 0) is 0 Å². The minimum atomic E-state index is 0.473. The molecule has 0 aromatic carbocycles. The lowest BCUT2D eigenvalue weighted by atomic mass is 9.93. The van der Waals surface area contributed by atoms with Crippen molar-refractivity contribution in [3.05, 3.63) is 71.8 Å². The van der Waals surface area contributed by atoms with Crippen LogP contribution in [0.3, 0.4) is 0 Å². The first-order valence-corrected chi connectivity index (χ1v) is 10.4. The van der Waals surface area contributed by atoms with Gasteiger partial charge in [-0.05, 0) is 50.6 Å². The zero-order valence-electron chi connectivity index (χ0n) is 18.4. The first kappa shape index (κ1) is 21.7. The van der Waals surface area contributed by atoms with E-state index in [2.05, 4.69) is 59.2 Å². The highest BCUT2D eigenvalue weighted by Crippen LogP contribution is 2.23. The highest BCUT2D eigenvalue weighted by molar-refractivity contribution is 6.18. The Morgan fingerprint density at radius 1 is 1.27 bits per heavy atom. The second-order valence-corrected chi connectivity index (χ2v) is 7.97. The Morgan fingerprint density at radius 3 is 2.60 bits per heavy atom. The fraction of sp³-hybridized carbons (Fsp3) is 0.375. The standard InChI is InChI=1S/C24H32N6/c1-6-27-24(22-12-19(13-26-5)23(25)11-16(22)2)29-20-7-9-21(10-8-20)30-14-17(3)28-18(4)15-30/h6-7,9-13,17-18,25-26,28H,1,8,14-15H2,2-5H3/b19-13-,25-23?,27-24-,29-20-. The third-order valence-electron chi connectivity index (χ3n) is 5.29. The van der Waals surface area contributed by atoms with Crippen LogP contribution in [-0.4, -0.2) is 54.4 Å². The van der Waals surface area contributed by atoms with Crippen LogP contribution in [0.15, 0.2) is 81.8 Å². The molecule has 6 nitrogen and oxygen atoms in total. The monoisotopic (exact) mass is 404 g/mol. The largest absolute Gasteiger partial charge is 0.393 e. The topological polar surface area (TPSA) is 75.9 Å². The SMILES string of the molecule is C=C/N=C(\N=C1\C=CC(N2CC(C)NC(C)C2)=CC1)C1=C/C(=C/NC)C(=N)C=C1C. The predicted octanol–water partition coefficient (Wildman–Crippen LogP) is 3.50. The Kier molecular flexibility index (Phi) is 7.00. The lowest BCUT2D eigenvalue weighted by molar-refractivity contribution is 0.220. The fourth-order valence-corrected chi connectivity index (χ4v) is 4.00. The van der Waals surface area contributed by atoms with E-state index >= 15 is 0 Å². The Morgan fingerprint density at radius 2 is 2.00 bits per heavy atom. The van der Waals surface area contributed by atoms with E-state index in [1.165, 1.54) is 11.9 Å². The van der Waals surface area contributed by atoms with Crippen molar-refractivity contribution in [1.29, 1.82) is 5.41 Å². The predicted molar refractivity (Wildman–Crippen MR) is 127 cm³/mol. The van der Waals surface area contributed by atoms with Crippen molar-refractivity contribution >= 4 is 17.3 Å². The van der Waals surface area contributed by atoms with E-state index in [9.17, 15) is 0 Å². The number of nitrogens with one attached hydrogen (secondary N) is 3. The number of allylic oxidation sites excluding steroid dienone is 6. The van der Waals surface area contributed by atoms with Crippen molar-refractivity contribution in [2.75, 3.05) is 20.1 Å². The smallest absolute Gasteiger partial charge is 0.159 e. The van der Waals surface area contributed by atoms with Gasteiger partial charge >= 0.3 is 0 Å². The first-order chi connectivity index (χ1) is 14.4. The van der Waals surface area contributed by atoms with E-state index in [1.807, 2.05) is 32.3 Å². The summed E-state index contributed by atoms with van der Waals surface area (Å²) in [6.07, 6.45) is 14.4. The first-order valence-electron chi connectivity index (χ1n) is 10.4. The van der Waals surface area contributed by atoms with Crippen LogP contribution in [0.5, 0.6) is 0 Å². The maximum atomic E-state index is 8.16. The zero-order chi connectivity index (χ0) is 21.7. The highest BCUT2D eigenvalue weighted by atomic mass is 15.2. The van der Waals surface area contributed by atoms with Crippen molar-refractivity contribution in [2.45, 2.75) is 39.3 Å². The molecule has 1 fully saturated rings. The second-order valence-electron chi connectivity index (χ2n) is 7.97. The van der Waals surface area contributed by atoms with Gasteiger partial charge in [0.05, 0.1) is 5.71 Å². The van der Waals surface area contributed by atoms with Crippen LogP contribution in [0.1, 0.15) is 27.2 Å². The van der Waals surface area contributed by atoms with Gasteiger partial charge in [0, 0.05) is 73.6 Å². The minimum absolute atomic E-state index is 0.473. The fourth-order valence-electron chi connectivity index (χ4n) is 4.00. The molecule has 1 aliphatic heterocycles. The van der Waals surface area contributed by atoms with Gasteiger partial charge in [0.25, 0.3) is 0 Å². The average Bonchev–Trinajstić information content (AvgIpc) is 2.70. The molecule has 0 spiro atoms. The molecule has 0 radical (unpaired) electrons. The number of nitrogens with zero attached hydrogens (tertiary/aromatic N) is 3. The maximum absolute atomic E-state index is 8.16. The minimum Gasteiger partial charge on any atom is -0.393 e. The molecule has 2 aliphatic carbocycles. The molecule has 0 aromatic heterocycles. The molecule has 6 heteroatoms. The Labute approximate surface area is 179 Å². The van der Waals surface area contributed by atoms with Crippen molar-refractivity contribution in [1.82, 2.24) is 15.5 Å². The summed E-state index contributed by atoms with van der Waals surface area (Å²) >= 11 is 0. The molecule has 0 aromatic rings. The molecule has 3 rings (SSSR count). The number of aliphatic imine (C=N–C) groups is 2. The van der Waals surface area contributed by atoms with Crippen LogP contribution < -0.4 is 10.6 Å². The highest BCUT2D eigenvalue weighted by Gasteiger charge is 2.23. The van der Waals surface area contributed by atoms with Gasteiger partial charge in [0.2, 0.25) is 0 Å². The summed E-state index contributed by atoms with van der Waals surface area (Å²) in [6.45, 7) is 12.2. The summed E-state index contributed by atoms with van der Waals surface area (Å²) in [5, 5.41) is 14.7. The summed E-state index contributed by atoms with van der Waals surface area (Å²) in [5.74, 6) is 0.620. The molecule has 2 atom stereocenters. The van der Waals surface area contributed by atoms with E-state index in [1.54, 1.807) is 0 Å². The molecule has 0 saturated carbocycles. The van der Waals surface area contributed by atoms with E-state index < -0.39 is 0 Å². The van der Waals surface area contributed by atoms with Crippen molar-refractivity contribution in [3.63, 3.8) is 0 Å². The van der Waals surface area contributed by atoms with Gasteiger partial charge in [0.1, 0.15) is 0 Å². The molecule has 158 valence electrons. The van der Waals surface area contributed by atoms with Gasteiger partial charge < -0.3 is 20.9 Å². The van der Waals surface area contributed by atoms with Gasteiger partial charge in [-0.15, -0.1) is 0 Å². The third kappa shape index (κ3) is 5.13. The lowest BCUT2D eigenvalue weighted by Crippen LogP contribution is -2.53. The molecule has 1 heterocycles. The molecule has 30 heavy (non-hydrogen) atoms. The van der Waals surface area contributed by atoms with Crippen LogP contribution in [0.25, 0.3) is 0 Å². The van der Waals surface area contributed by atoms with Gasteiger partial charge in [-0.2, -0.15) is 0 Å². The molecule has 3 aliphatic rings. The van der Waals surface area contributed by atoms with Crippen LogP contribution in [0, 0.1) is 5.41 Å². The Bertz CT molecular complexity index is 915. The van der Waals surface area contributed by atoms with E-state index in [0.29, 0.717) is 23.6 Å². The van der Waals surface area contributed by atoms with Gasteiger partial charge in [-0.3, -0.25) is 0 Å². The van der Waals surface area contributed by atoms with E-state index in [0.717, 1.165) is 41.9 Å². The van der Waals surface area contributed by atoms with Crippen LogP contribution >= 0.6 is 0 Å². The number of hydrogen-bond acceptors (Lipinski definition) is 5. The average molecular weight is 405 g/mol. The summed E-state index contributed by atoms with van der Waals surface area (Å²) in [6, 6.07) is 0.965. The van der Waals surface area contributed by atoms with Crippen LogP contribution in [0.2, 0.25) is 0 Å². The number of amidine groups is 1. The van der Waals surface area contributed by atoms with Gasteiger partial charge in [-0.1, -0.05) is 12.7 Å². The summed E-state index contributed by atoms with van der Waals surface area (Å²) in [4.78, 5) is 11.7. The van der Waals surface area contributed by atoms with Crippen molar-refractivity contribution in [2.24, 2.45) is 9.98 Å². The molecular formula is C24H32N6. The summed E-state index contributed by atoms with van der Waals surface area (Å²) < 4.78 is 0. The van der Waals surface area contributed by atoms with E-state index in [-0.39, 0.29) is 0 Å². The molecule has 2 unspecified atom stereocenters. The van der Waals surface area contributed by atoms with Crippen LogP contribution in [0.4, 0.5) is 0 Å². The summed E-state index contributed by atoms with van der Waals surface area (Å²) in [7, 11) is 1.83. The molecule has 3 N–H and O–H groups in total. The lowest BCUT2D eigenvalue weighted by Gasteiger charge is -2.38. The van der Waals surface area contributed by atoms with Gasteiger partial charge in [0.15, 0.2) is 5.84 Å². The summed E-state index contributed by atoms with van der Waals surface area (Å²) in [5.41, 5.74) is 5.38. The number of piperazine rings is 1. The third-order valence-corrected chi connectivity index (χ3v) is 5.29. The number of rotatable bonds is 4. The molecular weight excluding hydrogens is 372 g/mol. The maximum Gasteiger partial charge on any atom is 0.159 e. The quantitative estimate of drug-likeness (QED) is 0.496. The molecule has 0 amide bonds. The molecule has 0 bridgehead atoms. The number of hydrogen-bond donors (Lipinski definition) is 3.